The van der Waals surface area contributed by atoms with Gasteiger partial charge in [0.1, 0.15) is 0 Å². The van der Waals surface area contributed by atoms with Gasteiger partial charge in [-0.25, -0.2) is 0 Å². The molecule has 0 unspecified atom stereocenters. The first-order valence-corrected chi connectivity index (χ1v) is 6.25. The summed E-state index contributed by atoms with van der Waals surface area (Å²) in [7, 11) is 0. The third-order valence-electron chi connectivity index (χ3n) is 2.52. The van der Waals surface area contributed by atoms with Crippen molar-refractivity contribution in [2.45, 2.75) is 20.8 Å². The lowest BCUT2D eigenvalue weighted by atomic mass is 9.98. The lowest BCUT2D eigenvalue weighted by molar-refractivity contribution is -0.145. The molecule has 2 nitrogen and oxygen atoms in total. The molecule has 0 amide bonds. The zero-order valence-electron chi connectivity index (χ0n) is 11.6. The predicted octanol–water partition coefficient (Wildman–Crippen LogP) is 4.47. The first-order valence-electron chi connectivity index (χ1n) is 6.25. The van der Waals surface area contributed by atoms with Crippen molar-refractivity contribution >= 4 is 5.97 Å². The summed E-state index contributed by atoms with van der Waals surface area (Å²) in [6.07, 6.45) is 0. The maximum Gasteiger partial charge on any atom is 0.308 e. The summed E-state index contributed by atoms with van der Waals surface area (Å²) in [5.74, 6) is -0.757. The summed E-state index contributed by atoms with van der Waals surface area (Å²) < 4.78 is 0. The number of hydrogen-bond donors (Lipinski definition) is 1. The van der Waals surface area contributed by atoms with Gasteiger partial charge in [-0.1, -0.05) is 60.7 Å². The minimum Gasteiger partial charge on any atom is -0.481 e. The number of hydrogen-bond acceptors (Lipinski definition) is 1. The predicted molar refractivity (Wildman–Crippen MR) is 79.0 cm³/mol. The maximum atomic E-state index is 10.0. The van der Waals surface area contributed by atoms with Crippen molar-refractivity contribution in [3.63, 3.8) is 0 Å². The van der Waals surface area contributed by atoms with Gasteiger partial charge in [0, 0.05) is 0 Å². The van der Waals surface area contributed by atoms with Gasteiger partial charge in [0.15, 0.2) is 0 Å². The van der Waals surface area contributed by atoms with E-state index >= 15 is 0 Å². The minimum atomic E-state index is -0.757. The van der Waals surface area contributed by atoms with Gasteiger partial charge >= 0.3 is 5.97 Å². The van der Waals surface area contributed by atoms with Crippen LogP contribution in [-0.4, -0.2) is 11.1 Å². The van der Waals surface area contributed by atoms with Crippen molar-refractivity contribution in [2.75, 3.05) is 0 Å². The highest BCUT2D eigenvalue weighted by atomic mass is 16.4. The quantitative estimate of drug-likeness (QED) is 0.817. The second-order valence-electron chi connectivity index (χ2n) is 5.29. The molecule has 0 heterocycles. The molecule has 100 valence electrons. The molecule has 2 rings (SSSR count). The Balaban J connectivity index is 0.000000224. The topological polar surface area (TPSA) is 37.3 Å². The van der Waals surface area contributed by atoms with Crippen LogP contribution in [0.15, 0.2) is 60.7 Å². The minimum absolute atomic E-state index is 0.583. The van der Waals surface area contributed by atoms with Crippen LogP contribution in [0.1, 0.15) is 20.8 Å². The summed E-state index contributed by atoms with van der Waals surface area (Å²) in [4.78, 5) is 10.0. The number of rotatable bonds is 1. The van der Waals surface area contributed by atoms with Crippen LogP contribution in [0.3, 0.4) is 0 Å². The summed E-state index contributed by atoms with van der Waals surface area (Å²) in [5.41, 5.74) is 1.97. The lowest BCUT2D eigenvalue weighted by Gasteiger charge is -2.08. The Kier molecular flexibility index (Phi) is 5.31. The Hall–Kier alpha value is -2.09. The van der Waals surface area contributed by atoms with E-state index in [0.717, 1.165) is 0 Å². The molecule has 1 N–H and O–H groups in total. The van der Waals surface area contributed by atoms with Crippen LogP contribution in [-0.2, 0) is 4.79 Å². The summed E-state index contributed by atoms with van der Waals surface area (Å²) in [5, 5.41) is 8.25. The third-order valence-corrected chi connectivity index (χ3v) is 2.52. The van der Waals surface area contributed by atoms with Crippen molar-refractivity contribution in [1.29, 1.82) is 0 Å². The third kappa shape index (κ3) is 5.38. The van der Waals surface area contributed by atoms with E-state index in [4.69, 9.17) is 5.11 Å². The van der Waals surface area contributed by atoms with Gasteiger partial charge in [-0.05, 0) is 31.9 Å². The summed E-state index contributed by atoms with van der Waals surface area (Å²) in [6.45, 7) is 4.99. The van der Waals surface area contributed by atoms with Gasteiger partial charge in [0.05, 0.1) is 5.41 Å². The molecular formula is C17H20O2. The molecule has 0 saturated carbocycles. The Bertz CT molecular complexity index is 458. The Morgan fingerprint density at radius 1 is 0.789 bits per heavy atom. The normalized spacial score (nSPS) is 10.3. The molecule has 19 heavy (non-hydrogen) atoms. The molecule has 0 bridgehead atoms. The van der Waals surface area contributed by atoms with Gasteiger partial charge in [-0.2, -0.15) is 0 Å². The van der Waals surface area contributed by atoms with Crippen LogP contribution in [0.4, 0.5) is 0 Å². The monoisotopic (exact) mass is 256 g/mol. The molecule has 0 aliphatic carbocycles. The molecule has 2 aromatic carbocycles. The fourth-order valence-electron chi connectivity index (χ4n) is 1.26. The first kappa shape index (κ1) is 15.0. The van der Waals surface area contributed by atoms with Crippen LogP contribution in [0.2, 0.25) is 0 Å². The van der Waals surface area contributed by atoms with Crippen molar-refractivity contribution in [3.05, 3.63) is 60.7 Å². The molecule has 0 atom stereocenters. The molecule has 0 aliphatic heterocycles. The first-order chi connectivity index (χ1) is 8.91. The summed E-state index contributed by atoms with van der Waals surface area (Å²) in [6, 6.07) is 20.8. The molecule has 2 heteroatoms. The van der Waals surface area contributed by atoms with Crippen LogP contribution in [0.25, 0.3) is 11.1 Å². The van der Waals surface area contributed by atoms with Crippen LogP contribution in [0.5, 0.6) is 0 Å². The molecule has 0 spiro atoms. The van der Waals surface area contributed by atoms with Gasteiger partial charge in [0.2, 0.25) is 0 Å². The fraction of sp³-hybridized carbons (Fsp3) is 0.235. The van der Waals surface area contributed by atoms with Crippen molar-refractivity contribution in [3.8, 4) is 11.1 Å². The second kappa shape index (κ2) is 6.74. The SMILES string of the molecule is CC(C)(C)C(=O)O.c1ccc(-c2ccccc2)cc1. The van der Waals surface area contributed by atoms with E-state index in [1.54, 1.807) is 20.8 Å². The molecule has 0 aromatic heterocycles. The molecule has 0 saturated heterocycles. The fourth-order valence-corrected chi connectivity index (χ4v) is 1.26. The maximum absolute atomic E-state index is 10.0. The average molecular weight is 256 g/mol. The van der Waals surface area contributed by atoms with E-state index in [0.29, 0.717) is 0 Å². The highest BCUT2D eigenvalue weighted by Crippen LogP contribution is 2.17. The number of aliphatic carboxylic acids is 1. The largest absolute Gasteiger partial charge is 0.481 e. The van der Waals surface area contributed by atoms with E-state index < -0.39 is 11.4 Å². The average Bonchev–Trinajstić information content (AvgIpc) is 2.40. The van der Waals surface area contributed by atoms with Gasteiger partial charge in [-0.3, -0.25) is 4.79 Å². The lowest BCUT2D eigenvalue weighted by Crippen LogP contribution is -2.18. The van der Waals surface area contributed by atoms with Gasteiger partial charge < -0.3 is 5.11 Å². The standard InChI is InChI=1S/C12H10.C5H10O2/c1-3-7-11(8-4-1)12-9-5-2-6-10-12;1-5(2,3)4(6)7/h1-10H;1-3H3,(H,6,7). The summed E-state index contributed by atoms with van der Waals surface area (Å²) >= 11 is 0. The van der Waals surface area contributed by atoms with Crippen LogP contribution >= 0.6 is 0 Å². The number of benzene rings is 2. The molecule has 2 aromatic rings. The molecule has 0 aliphatic rings. The molecule has 0 fully saturated rings. The number of carboxylic acid groups (broad SMARTS) is 1. The van der Waals surface area contributed by atoms with Crippen LogP contribution in [0, 0.1) is 5.41 Å². The van der Waals surface area contributed by atoms with E-state index in [-0.39, 0.29) is 0 Å². The number of carboxylic acids is 1. The zero-order valence-corrected chi connectivity index (χ0v) is 11.6. The van der Waals surface area contributed by atoms with Crippen molar-refractivity contribution in [1.82, 2.24) is 0 Å². The Morgan fingerprint density at radius 2 is 1.05 bits per heavy atom. The second-order valence-corrected chi connectivity index (χ2v) is 5.29. The van der Waals surface area contributed by atoms with E-state index in [1.807, 2.05) is 12.1 Å². The zero-order chi connectivity index (χ0) is 14.3. The van der Waals surface area contributed by atoms with Crippen molar-refractivity contribution < 1.29 is 9.90 Å². The van der Waals surface area contributed by atoms with Gasteiger partial charge in [0.25, 0.3) is 0 Å². The number of carbonyl (C=O) groups is 1. The molecular weight excluding hydrogens is 236 g/mol. The highest BCUT2D eigenvalue weighted by Gasteiger charge is 2.18. The smallest absolute Gasteiger partial charge is 0.308 e. The molecule has 0 radical (unpaired) electrons. The van der Waals surface area contributed by atoms with Gasteiger partial charge in [-0.15, -0.1) is 0 Å². The van der Waals surface area contributed by atoms with E-state index in [9.17, 15) is 4.79 Å². The Morgan fingerprint density at radius 3 is 1.26 bits per heavy atom. The van der Waals surface area contributed by atoms with E-state index in [1.165, 1.54) is 11.1 Å². The van der Waals surface area contributed by atoms with Crippen LogP contribution < -0.4 is 0 Å². The van der Waals surface area contributed by atoms with Crippen molar-refractivity contribution in [2.24, 2.45) is 5.41 Å². The Labute approximate surface area is 114 Å². The van der Waals surface area contributed by atoms with E-state index in [2.05, 4.69) is 48.5 Å². The highest BCUT2D eigenvalue weighted by molar-refractivity contribution is 5.72.